The first-order valence-corrected chi connectivity index (χ1v) is 12.0. The number of hydrogen-bond acceptors (Lipinski definition) is 6. The van der Waals surface area contributed by atoms with E-state index in [0.717, 1.165) is 61.0 Å². The first-order valence-electron chi connectivity index (χ1n) is 12.0. The maximum Gasteiger partial charge on any atom is 0.274 e. The molecule has 0 saturated carbocycles. The first kappa shape index (κ1) is 22.7. The van der Waals surface area contributed by atoms with Crippen LogP contribution < -0.4 is 10.2 Å². The summed E-state index contributed by atoms with van der Waals surface area (Å²) in [5, 5.41) is 11.5. The zero-order valence-electron chi connectivity index (χ0n) is 19.9. The minimum atomic E-state index is -0.273. The van der Waals surface area contributed by atoms with E-state index < -0.39 is 0 Å². The summed E-state index contributed by atoms with van der Waals surface area (Å²) in [6, 6.07) is 7.77. The van der Waals surface area contributed by atoms with Crippen LogP contribution in [-0.2, 0) is 25.9 Å². The summed E-state index contributed by atoms with van der Waals surface area (Å²) >= 11 is 0. The molecule has 0 fully saturated rings. The monoisotopic (exact) mass is 469 g/mol. The zero-order valence-corrected chi connectivity index (χ0v) is 19.9. The second-order valence-electron chi connectivity index (χ2n) is 8.93. The highest BCUT2D eigenvalue weighted by molar-refractivity contribution is 5.93. The molecule has 5 rings (SSSR count). The van der Waals surface area contributed by atoms with Crippen molar-refractivity contribution in [3.8, 4) is 0 Å². The molecule has 2 aliphatic heterocycles. The van der Waals surface area contributed by atoms with E-state index in [-0.39, 0.29) is 7.33 Å². The maximum atomic E-state index is 12.8. The third kappa shape index (κ3) is 5.06. The summed E-state index contributed by atoms with van der Waals surface area (Å²) in [7, 11) is 0. The Morgan fingerprint density at radius 2 is 2.06 bits per heavy atom. The van der Waals surface area contributed by atoms with Gasteiger partial charge in [-0.3, -0.25) is 9.78 Å². The van der Waals surface area contributed by atoms with Crippen LogP contribution in [0.15, 0.2) is 67.2 Å². The molecular weight excluding hydrogens is 438 g/mol. The lowest BCUT2D eigenvalue weighted by molar-refractivity contribution is 0.0962. The van der Waals surface area contributed by atoms with E-state index in [2.05, 4.69) is 41.5 Å². The van der Waals surface area contributed by atoms with Crippen LogP contribution in [-0.4, -0.2) is 37.2 Å². The number of amides is 1. The largest absolute Gasteiger partial charge is 0.352 e. The van der Waals surface area contributed by atoms with Gasteiger partial charge in [-0.15, -0.1) is 10.2 Å². The Labute approximate surface area is 206 Å². The van der Waals surface area contributed by atoms with Gasteiger partial charge in [-0.2, -0.15) is 0 Å². The van der Waals surface area contributed by atoms with Crippen LogP contribution in [0.1, 0.15) is 54.5 Å². The number of fused-ring (bicyclic) bond motifs is 2. The molecule has 3 aromatic heterocycles. The smallest absolute Gasteiger partial charge is 0.274 e. The highest BCUT2D eigenvalue weighted by Gasteiger charge is 2.20. The lowest BCUT2D eigenvalue weighted by Crippen LogP contribution is -2.32. The number of carbonyl (C=O) groups excluding carboxylic acids is 1. The van der Waals surface area contributed by atoms with E-state index in [4.69, 9.17) is 0 Å². The molecule has 0 aromatic carbocycles. The Kier molecular flexibility index (Phi) is 6.52. The number of hydrogen-bond donors (Lipinski definition) is 1. The van der Waals surface area contributed by atoms with E-state index in [1.165, 1.54) is 12.0 Å². The van der Waals surface area contributed by atoms with Crippen LogP contribution in [0.5, 0.6) is 0 Å². The van der Waals surface area contributed by atoms with Crippen molar-refractivity contribution < 1.29 is 6.22 Å². The number of aromatic nitrogens is 5. The molecule has 0 bridgehead atoms. The van der Waals surface area contributed by atoms with Gasteiger partial charge >= 0.3 is 0 Å². The van der Waals surface area contributed by atoms with Crippen LogP contribution in [0.25, 0.3) is 5.57 Å². The van der Waals surface area contributed by atoms with Gasteiger partial charge in [-0.05, 0) is 67.2 Å². The van der Waals surface area contributed by atoms with Crippen molar-refractivity contribution in [3.05, 3.63) is 95.6 Å². The van der Waals surface area contributed by atoms with Gasteiger partial charge in [-0.1, -0.05) is 24.8 Å². The number of allylic oxidation sites excluding steroid dienone is 4. The van der Waals surface area contributed by atoms with Gasteiger partial charge in [0.05, 0.1) is 0 Å². The Morgan fingerprint density at radius 1 is 1.14 bits per heavy atom. The zero-order chi connectivity index (χ0) is 24.2. The standard InChI is InChI=1S/C27H29N7O.H2/c1-19(26-32-31-25-11-4-6-14-34(25)26)8-7-9-20(2)30-27(35)23-16-22-18-33(15-12-21(22)17-29-23)24-10-3-5-13-28-24;/h3,5,7-10,13,16-17H,2,4,6,11-12,14-15,18H2,1H3,(H,30,35);1H/b9-7-,19-8+;. The number of aryl methyl sites for hydroxylation is 1. The van der Waals surface area contributed by atoms with Crippen molar-refractivity contribution in [1.82, 2.24) is 30.0 Å². The normalized spacial score (nSPS) is 15.6. The van der Waals surface area contributed by atoms with Crippen molar-refractivity contribution in [2.75, 3.05) is 11.4 Å². The molecule has 8 nitrogen and oxygen atoms in total. The summed E-state index contributed by atoms with van der Waals surface area (Å²) in [5.41, 5.74) is 4.16. The highest BCUT2D eigenvalue weighted by Crippen LogP contribution is 2.23. The van der Waals surface area contributed by atoms with E-state index in [0.29, 0.717) is 17.9 Å². The maximum absolute atomic E-state index is 12.8. The molecule has 35 heavy (non-hydrogen) atoms. The van der Waals surface area contributed by atoms with Crippen molar-refractivity contribution in [1.29, 1.82) is 0 Å². The molecule has 0 spiro atoms. The van der Waals surface area contributed by atoms with Gasteiger partial charge < -0.3 is 14.8 Å². The molecule has 0 aliphatic carbocycles. The fourth-order valence-corrected chi connectivity index (χ4v) is 4.53. The molecule has 2 aliphatic rings. The van der Waals surface area contributed by atoms with Crippen LogP contribution in [0.4, 0.5) is 5.82 Å². The average Bonchev–Trinajstić information content (AvgIpc) is 3.33. The Balaban J connectivity index is 0.00000304. The van der Waals surface area contributed by atoms with Gasteiger partial charge in [0.1, 0.15) is 17.3 Å². The summed E-state index contributed by atoms with van der Waals surface area (Å²) < 4.78 is 2.19. The second-order valence-corrected chi connectivity index (χ2v) is 8.93. The van der Waals surface area contributed by atoms with Crippen molar-refractivity contribution in [2.45, 2.75) is 45.7 Å². The van der Waals surface area contributed by atoms with Gasteiger partial charge in [-0.25, -0.2) is 4.98 Å². The summed E-state index contributed by atoms with van der Waals surface area (Å²) in [6.07, 6.45) is 13.4. The molecule has 0 saturated heterocycles. The van der Waals surface area contributed by atoms with Gasteiger partial charge in [0.2, 0.25) is 0 Å². The fraction of sp³-hybridized carbons (Fsp3) is 0.296. The number of anilines is 1. The molecule has 1 amide bonds. The molecule has 0 radical (unpaired) electrons. The minimum absolute atomic E-state index is 0. The van der Waals surface area contributed by atoms with Crippen LogP contribution in [0, 0.1) is 0 Å². The van der Waals surface area contributed by atoms with Gasteiger partial charge in [0.25, 0.3) is 5.91 Å². The summed E-state index contributed by atoms with van der Waals surface area (Å²) in [5.74, 6) is 2.62. The van der Waals surface area contributed by atoms with Crippen molar-refractivity contribution in [3.63, 3.8) is 0 Å². The SMILES string of the molecule is C=C(/C=C\C=C(/C)c1nnc2n1CCCC2)NC(=O)c1cc2c(cn1)CCN(c1ccccn1)C2.[HH]. The van der Waals surface area contributed by atoms with E-state index in [1.54, 1.807) is 12.3 Å². The highest BCUT2D eigenvalue weighted by atomic mass is 16.1. The minimum Gasteiger partial charge on any atom is -0.352 e. The predicted octanol–water partition coefficient (Wildman–Crippen LogP) is 4.12. The molecular formula is C27H31N7O. The Hall–Kier alpha value is -4.07. The lowest BCUT2D eigenvalue weighted by atomic mass is 10.0. The number of rotatable bonds is 6. The molecule has 0 atom stereocenters. The van der Waals surface area contributed by atoms with Gasteiger partial charge in [0, 0.05) is 45.6 Å². The quantitative estimate of drug-likeness (QED) is 0.547. The van der Waals surface area contributed by atoms with Crippen molar-refractivity contribution in [2.24, 2.45) is 0 Å². The molecule has 3 aromatic rings. The molecule has 0 unspecified atom stereocenters. The number of nitrogens with zero attached hydrogens (tertiary/aromatic N) is 6. The Bertz CT molecular complexity index is 1310. The van der Waals surface area contributed by atoms with E-state index >= 15 is 0 Å². The molecule has 8 heteroatoms. The second kappa shape index (κ2) is 10.0. The predicted molar refractivity (Wildman–Crippen MR) is 138 cm³/mol. The van der Waals surface area contributed by atoms with Gasteiger partial charge in [0.15, 0.2) is 5.82 Å². The first-order chi connectivity index (χ1) is 17.1. The van der Waals surface area contributed by atoms with E-state index in [1.807, 2.05) is 49.5 Å². The molecule has 1 N–H and O–H groups in total. The fourth-order valence-electron chi connectivity index (χ4n) is 4.53. The lowest BCUT2D eigenvalue weighted by Gasteiger charge is -2.29. The summed E-state index contributed by atoms with van der Waals surface area (Å²) in [6.45, 7) is 8.52. The summed E-state index contributed by atoms with van der Waals surface area (Å²) in [4.78, 5) is 23.9. The third-order valence-corrected chi connectivity index (χ3v) is 6.43. The topological polar surface area (TPSA) is 88.8 Å². The van der Waals surface area contributed by atoms with E-state index in [9.17, 15) is 4.79 Å². The number of pyridine rings is 2. The molecule has 5 heterocycles. The van der Waals surface area contributed by atoms with Crippen molar-refractivity contribution >= 4 is 17.3 Å². The average molecular weight is 470 g/mol. The number of carbonyl (C=O) groups is 1. The number of nitrogens with one attached hydrogen (secondary N) is 1. The Morgan fingerprint density at radius 3 is 2.91 bits per heavy atom. The van der Waals surface area contributed by atoms with Crippen LogP contribution in [0.3, 0.4) is 0 Å². The third-order valence-electron chi connectivity index (χ3n) is 6.43. The van der Waals surface area contributed by atoms with Crippen LogP contribution in [0.2, 0.25) is 0 Å². The molecule has 180 valence electrons. The van der Waals surface area contributed by atoms with Crippen LogP contribution >= 0.6 is 0 Å².